The predicted molar refractivity (Wildman–Crippen MR) is 195 cm³/mol. The Labute approximate surface area is 287 Å². The molecule has 0 aliphatic heterocycles. The maximum absolute atomic E-state index is 6.35. The number of hydrogen-bond acceptors (Lipinski definition) is 5. The van der Waals surface area contributed by atoms with Crippen LogP contribution in [0.2, 0.25) is 15.1 Å². The molecule has 1 aliphatic rings. The number of nitrogens with zero attached hydrogens (tertiary/aromatic N) is 3. The van der Waals surface area contributed by atoms with E-state index in [1.165, 1.54) is 16.7 Å². The van der Waals surface area contributed by atoms with Gasteiger partial charge >= 0.3 is 0 Å². The molecular formula is C38H40Cl3N5. The number of anilines is 2. The van der Waals surface area contributed by atoms with Crippen molar-refractivity contribution in [3.63, 3.8) is 0 Å². The van der Waals surface area contributed by atoms with Gasteiger partial charge in [0.2, 0.25) is 5.95 Å². The van der Waals surface area contributed by atoms with Gasteiger partial charge in [-0.2, -0.15) is 4.98 Å². The van der Waals surface area contributed by atoms with Crippen molar-refractivity contribution in [3.05, 3.63) is 129 Å². The molecule has 238 valence electrons. The third-order valence-electron chi connectivity index (χ3n) is 9.31. The topological polar surface area (TPSA) is 53.1 Å². The van der Waals surface area contributed by atoms with Crippen molar-refractivity contribution >= 4 is 57.5 Å². The number of fused-ring (bicyclic) bond motifs is 1. The van der Waals surface area contributed by atoms with Gasteiger partial charge in [-0.15, -0.1) is 0 Å². The summed E-state index contributed by atoms with van der Waals surface area (Å²) >= 11 is 19.0. The first-order valence-electron chi connectivity index (χ1n) is 16.0. The highest BCUT2D eigenvalue weighted by Crippen LogP contribution is 2.43. The number of hydrogen-bond donors (Lipinski definition) is 2. The lowest BCUT2D eigenvalue weighted by molar-refractivity contribution is 0.321. The zero-order chi connectivity index (χ0) is 32.1. The number of nitrogens with one attached hydrogen (secondary N) is 2. The zero-order valence-electron chi connectivity index (χ0n) is 26.3. The number of benzene rings is 4. The first kappa shape index (κ1) is 32.6. The second-order valence-corrected chi connectivity index (χ2v) is 13.8. The van der Waals surface area contributed by atoms with Gasteiger partial charge in [-0.1, -0.05) is 83.3 Å². The molecule has 8 heteroatoms. The molecule has 0 radical (unpaired) electrons. The van der Waals surface area contributed by atoms with Crippen LogP contribution >= 0.6 is 34.8 Å². The van der Waals surface area contributed by atoms with E-state index in [1.54, 1.807) is 0 Å². The van der Waals surface area contributed by atoms with Gasteiger partial charge < -0.3 is 15.5 Å². The fraction of sp³-hybridized carbons (Fsp3) is 0.316. The highest BCUT2D eigenvalue weighted by molar-refractivity contribution is 6.31. The van der Waals surface area contributed by atoms with Gasteiger partial charge in [-0.25, -0.2) is 4.98 Å². The van der Waals surface area contributed by atoms with E-state index in [0.29, 0.717) is 17.9 Å². The van der Waals surface area contributed by atoms with Crippen molar-refractivity contribution in [3.8, 4) is 0 Å². The maximum Gasteiger partial charge on any atom is 0.225 e. The lowest BCUT2D eigenvalue weighted by Gasteiger charge is -2.37. The summed E-state index contributed by atoms with van der Waals surface area (Å²) in [4.78, 5) is 11.7. The molecule has 5 nitrogen and oxygen atoms in total. The lowest BCUT2D eigenvalue weighted by Crippen LogP contribution is -2.36. The smallest absolute Gasteiger partial charge is 0.225 e. The molecule has 5 aromatic rings. The van der Waals surface area contributed by atoms with Gasteiger partial charge in [0.15, 0.2) is 0 Å². The van der Waals surface area contributed by atoms with Crippen LogP contribution in [-0.4, -0.2) is 43.2 Å². The zero-order valence-corrected chi connectivity index (χ0v) is 28.6. The summed E-state index contributed by atoms with van der Waals surface area (Å²) < 4.78 is 0. The Bertz CT molecular complexity index is 1620. The molecule has 2 N–H and O–H groups in total. The van der Waals surface area contributed by atoms with Crippen molar-refractivity contribution in [1.29, 1.82) is 0 Å². The third kappa shape index (κ3) is 7.29. The van der Waals surface area contributed by atoms with Crippen LogP contribution in [0, 0.1) is 5.92 Å². The predicted octanol–water partition coefficient (Wildman–Crippen LogP) is 9.64. The van der Waals surface area contributed by atoms with Crippen molar-refractivity contribution in [2.45, 2.75) is 43.6 Å². The Kier molecular flexibility index (Phi) is 10.3. The first-order valence-corrected chi connectivity index (χ1v) is 17.1. The van der Waals surface area contributed by atoms with Crippen LogP contribution in [0.4, 0.5) is 11.8 Å². The normalized spacial score (nSPS) is 16.8. The van der Waals surface area contributed by atoms with Gasteiger partial charge in [-0.3, -0.25) is 0 Å². The Balaban J connectivity index is 1.12. The van der Waals surface area contributed by atoms with E-state index in [9.17, 15) is 0 Å². The molecule has 1 fully saturated rings. The molecule has 0 amide bonds. The molecule has 0 saturated heterocycles. The molecule has 1 heterocycles. The van der Waals surface area contributed by atoms with Crippen LogP contribution < -0.4 is 15.5 Å². The number of halogens is 3. The summed E-state index contributed by atoms with van der Waals surface area (Å²) in [5.74, 6) is 2.29. The average molecular weight is 673 g/mol. The first-order chi connectivity index (χ1) is 22.3. The Morgan fingerprint density at radius 1 is 0.696 bits per heavy atom. The minimum absolute atomic E-state index is 0.375. The minimum atomic E-state index is -0.403. The Hall–Kier alpha value is -3.35. The number of aromatic nitrogens is 2. The Morgan fingerprint density at radius 3 is 1.74 bits per heavy atom. The van der Waals surface area contributed by atoms with E-state index in [4.69, 9.17) is 44.8 Å². The summed E-state index contributed by atoms with van der Waals surface area (Å²) in [7, 11) is 4.06. The fourth-order valence-corrected chi connectivity index (χ4v) is 7.26. The number of para-hydroxylation sites is 1. The van der Waals surface area contributed by atoms with Gasteiger partial charge in [-0.05, 0) is 116 Å². The largest absolute Gasteiger partial charge is 0.362 e. The second kappa shape index (κ2) is 14.6. The van der Waals surface area contributed by atoms with Crippen LogP contribution in [0.25, 0.3) is 10.9 Å². The molecular weight excluding hydrogens is 633 g/mol. The van der Waals surface area contributed by atoms with E-state index in [1.807, 2.05) is 62.6 Å². The van der Waals surface area contributed by atoms with E-state index in [2.05, 4.69) is 64.1 Å². The van der Waals surface area contributed by atoms with Gasteiger partial charge in [0.05, 0.1) is 5.52 Å². The van der Waals surface area contributed by atoms with E-state index in [0.717, 1.165) is 77.0 Å². The summed E-state index contributed by atoms with van der Waals surface area (Å²) in [5.41, 5.74) is 4.11. The van der Waals surface area contributed by atoms with Crippen LogP contribution in [-0.2, 0) is 5.41 Å². The van der Waals surface area contributed by atoms with Crippen LogP contribution in [0.3, 0.4) is 0 Å². The molecule has 0 unspecified atom stereocenters. The standard InChI is InChI=1S/C38H40Cl3N5/c1-46(2)36-34-5-3-4-6-35(34)44-37(45-36)43-33-21-7-26(8-22-33)25-42-24-23-38(27-9-15-30(39)16-10-27,28-11-17-31(40)18-12-28)29-13-19-32(41)20-14-29/h3-6,9-20,26,33,42H,7-8,21-25H2,1-2H3,(H,43,44,45)/t26-,33+. The van der Waals surface area contributed by atoms with E-state index < -0.39 is 5.41 Å². The SMILES string of the molecule is CN(C)c1nc(N[C@H]2CC[C@@H](CNCCC(c3ccc(Cl)cc3)(c3ccc(Cl)cc3)c3ccc(Cl)cc3)CC2)nc2ccccc12. The molecule has 0 spiro atoms. The molecule has 0 atom stereocenters. The van der Waals surface area contributed by atoms with Gasteiger partial charge in [0.1, 0.15) is 5.82 Å². The van der Waals surface area contributed by atoms with Crippen LogP contribution in [0.1, 0.15) is 48.8 Å². The monoisotopic (exact) mass is 671 g/mol. The third-order valence-corrected chi connectivity index (χ3v) is 10.1. The van der Waals surface area contributed by atoms with Gasteiger partial charge in [0.25, 0.3) is 0 Å². The second-order valence-electron chi connectivity index (χ2n) is 12.5. The van der Waals surface area contributed by atoms with Crippen LogP contribution in [0.5, 0.6) is 0 Å². The Morgan fingerprint density at radius 2 is 1.22 bits per heavy atom. The van der Waals surface area contributed by atoms with Crippen molar-refractivity contribution in [2.75, 3.05) is 37.4 Å². The highest BCUT2D eigenvalue weighted by Gasteiger charge is 2.36. The number of rotatable bonds is 11. The summed E-state index contributed by atoms with van der Waals surface area (Å²) in [6, 6.07) is 33.3. The molecule has 4 aromatic carbocycles. The van der Waals surface area contributed by atoms with Crippen LogP contribution in [0.15, 0.2) is 97.1 Å². The minimum Gasteiger partial charge on any atom is -0.362 e. The summed E-state index contributed by atoms with van der Waals surface area (Å²) in [6.45, 7) is 1.84. The van der Waals surface area contributed by atoms with E-state index >= 15 is 0 Å². The quantitative estimate of drug-likeness (QED) is 0.108. The molecule has 1 aromatic heterocycles. The fourth-order valence-electron chi connectivity index (χ4n) is 6.88. The molecule has 46 heavy (non-hydrogen) atoms. The molecule has 1 aliphatic carbocycles. The summed E-state index contributed by atoms with van der Waals surface area (Å²) in [5, 5.41) is 10.7. The van der Waals surface area contributed by atoms with E-state index in [-0.39, 0.29) is 0 Å². The van der Waals surface area contributed by atoms with Gasteiger partial charge in [0, 0.05) is 46.0 Å². The highest BCUT2D eigenvalue weighted by atomic mass is 35.5. The lowest BCUT2D eigenvalue weighted by atomic mass is 9.67. The average Bonchev–Trinajstić information content (AvgIpc) is 3.07. The van der Waals surface area contributed by atoms with Crippen molar-refractivity contribution in [2.24, 2.45) is 5.92 Å². The molecule has 1 saturated carbocycles. The van der Waals surface area contributed by atoms with Crippen molar-refractivity contribution in [1.82, 2.24) is 15.3 Å². The molecule has 0 bridgehead atoms. The van der Waals surface area contributed by atoms with Crippen molar-refractivity contribution < 1.29 is 0 Å². The summed E-state index contributed by atoms with van der Waals surface area (Å²) in [6.07, 6.45) is 5.39. The maximum atomic E-state index is 6.35. The molecule has 6 rings (SSSR count).